The van der Waals surface area contributed by atoms with E-state index in [-0.39, 0.29) is 69.6 Å². The topological polar surface area (TPSA) is 152 Å². The number of urea groups is 1. The van der Waals surface area contributed by atoms with Crippen molar-refractivity contribution in [2.24, 2.45) is 0 Å². The van der Waals surface area contributed by atoms with Crippen LogP contribution in [0.15, 0.2) is 0 Å². The maximum atomic E-state index is 13.6. The molecule has 216 valence electrons. The predicted octanol–water partition coefficient (Wildman–Crippen LogP) is 0.365. The van der Waals surface area contributed by atoms with Crippen LogP contribution in [0.5, 0.6) is 0 Å². The van der Waals surface area contributed by atoms with Crippen LogP contribution in [-0.2, 0) is 14.4 Å². The first-order chi connectivity index (χ1) is 17.8. The van der Waals surface area contributed by atoms with E-state index in [1.165, 1.54) is 4.90 Å². The van der Waals surface area contributed by atoms with Crippen LogP contribution in [0.4, 0.5) is 13.6 Å². The van der Waals surface area contributed by atoms with E-state index in [1.54, 1.807) is 6.92 Å². The Hall–Kier alpha value is -2.54. The quantitative estimate of drug-likeness (QED) is 0.302. The molecule has 2 saturated heterocycles. The van der Waals surface area contributed by atoms with Gasteiger partial charge in [-0.15, -0.1) is 0 Å². The molecule has 11 nitrogen and oxygen atoms in total. The van der Waals surface area contributed by atoms with Gasteiger partial charge in [-0.25, -0.2) is 13.6 Å². The number of carbonyl (C=O) groups excluding carboxylic acids is 4. The minimum absolute atomic E-state index is 0.136. The van der Waals surface area contributed by atoms with Crippen molar-refractivity contribution in [3.63, 3.8) is 0 Å². The Morgan fingerprint density at radius 2 is 1.79 bits per heavy atom. The Labute approximate surface area is 222 Å². The van der Waals surface area contributed by atoms with E-state index in [0.717, 1.165) is 0 Å². The standard InChI is InChI=1S/C25H42F2N6O5/c1-14(2)29-24(38)33-13-17-11-19(33)23(37)28-10-4-5-18(31-16-6-8-25(26,27)9-7-16)22(36)30-15(3)20(34)12-21(35)32-17/h14-20,31,34H,4-13H2,1-3H3,(H,28,37)(H,29,38)(H,30,36)(H,32,35)/t15-,17+,18-,19-,20-/m0/s1. The Balaban J connectivity index is 1.72. The second-order valence-corrected chi connectivity index (χ2v) is 11.1. The third kappa shape index (κ3) is 8.48. The zero-order valence-corrected chi connectivity index (χ0v) is 22.4. The number of amides is 5. The summed E-state index contributed by atoms with van der Waals surface area (Å²) in [6.07, 6.45) is -0.460. The van der Waals surface area contributed by atoms with E-state index >= 15 is 0 Å². The van der Waals surface area contributed by atoms with Gasteiger partial charge in [-0.2, -0.15) is 0 Å². The Morgan fingerprint density at radius 3 is 2.45 bits per heavy atom. The summed E-state index contributed by atoms with van der Waals surface area (Å²) in [6, 6.07) is -3.48. The molecule has 5 amide bonds. The Morgan fingerprint density at radius 1 is 1.11 bits per heavy atom. The van der Waals surface area contributed by atoms with Crippen molar-refractivity contribution in [1.82, 2.24) is 31.5 Å². The Kier molecular flexibility index (Phi) is 10.3. The highest BCUT2D eigenvalue weighted by atomic mass is 19.3. The number of nitrogens with one attached hydrogen (secondary N) is 5. The maximum absolute atomic E-state index is 13.6. The molecule has 1 aliphatic carbocycles. The summed E-state index contributed by atoms with van der Waals surface area (Å²) in [6.45, 7) is 5.62. The van der Waals surface area contributed by atoms with Gasteiger partial charge in [0.15, 0.2) is 0 Å². The van der Waals surface area contributed by atoms with Crippen molar-refractivity contribution in [3.05, 3.63) is 0 Å². The van der Waals surface area contributed by atoms with E-state index in [2.05, 4.69) is 26.6 Å². The average molecular weight is 545 g/mol. The molecule has 38 heavy (non-hydrogen) atoms. The molecule has 0 spiro atoms. The molecular weight excluding hydrogens is 502 g/mol. The summed E-state index contributed by atoms with van der Waals surface area (Å²) in [5.74, 6) is -3.91. The highest BCUT2D eigenvalue weighted by molar-refractivity contribution is 5.88. The monoisotopic (exact) mass is 544 g/mol. The molecule has 6 N–H and O–H groups in total. The first-order valence-corrected chi connectivity index (χ1v) is 13.6. The molecule has 13 heteroatoms. The molecule has 2 bridgehead atoms. The fourth-order valence-electron chi connectivity index (χ4n) is 5.23. The summed E-state index contributed by atoms with van der Waals surface area (Å²) in [4.78, 5) is 52.9. The van der Waals surface area contributed by atoms with E-state index in [4.69, 9.17) is 0 Å². The maximum Gasteiger partial charge on any atom is 0.318 e. The number of halogens is 2. The molecule has 3 fully saturated rings. The van der Waals surface area contributed by atoms with E-state index < -0.39 is 54.0 Å². The van der Waals surface area contributed by atoms with Gasteiger partial charge < -0.3 is 36.6 Å². The lowest BCUT2D eigenvalue weighted by atomic mass is 9.91. The van der Waals surface area contributed by atoms with Crippen LogP contribution in [0.25, 0.3) is 0 Å². The molecule has 0 radical (unpaired) electrons. The zero-order valence-electron chi connectivity index (χ0n) is 22.4. The van der Waals surface area contributed by atoms with Gasteiger partial charge in [0.25, 0.3) is 0 Å². The van der Waals surface area contributed by atoms with Crippen LogP contribution in [0, 0.1) is 0 Å². The molecule has 2 heterocycles. The van der Waals surface area contributed by atoms with Crippen LogP contribution in [0.2, 0.25) is 0 Å². The first kappa shape index (κ1) is 30.0. The molecule has 0 aromatic rings. The molecule has 0 aromatic carbocycles. The van der Waals surface area contributed by atoms with Gasteiger partial charge in [0.05, 0.1) is 24.6 Å². The van der Waals surface area contributed by atoms with Crippen LogP contribution >= 0.6 is 0 Å². The summed E-state index contributed by atoms with van der Waals surface area (Å²) in [5.41, 5.74) is 0. The van der Waals surface area contributed by atoms with Crippen molar-refractivity contribution in [1.29, 1.82) is 0 Å². The fraction of sp³-hybridized carbons (Fsp3) is 0.840. The number of fused-ring (bicyclic) bond motifs is 2. The molecule has 3 aliphatic rings. The third-order valence-electron chi connectivity index (χ3n) is 7.42. The highest BCUT2D eigenvalue weighted by Crippen LogP contribution is 2.33. The number of carbonyl (C=O) groups is 4. The number of nitrogens with zero attached hydrogens (tertiary/aromatic N) is 1. The van der Waals surface area contributed by atoms with Crippen molar-refractivity contribution < 1.29 is 33.1 Å². The fourth-order valence-corrected chi connectivity index (χ4v) is 5.23. The van der Waals surface area contributed by atoms with Crippen molar-refractivity contribution >= 4 is 23.8 Å². The van der Waals surface area contributed by atoms with Crippen molar-refractivity contribution in [2.45, 2.75) is 120 Å². The Bertz CT molecular complexity index is 865. The van der Waals surface area contributed by atoms with Gasteiger partial charge in [0.1, 0.15) is 6.04 Å². The van der Waals surface area contributed by atoms with E-state index in [1.807, 2.05) is 13.8 Å². The lowest BCUT2D eigenvalue weighted by molar-refractivity contribution is -0.128. The number of aliphatic hydroxyl groups is 1. The van der Waals surface area contributed by atoms with Crippen LogP contribution < -0.4 is 26.6 Å². The lowest BCUT2D eigenvalue weighted by Gasteiger charge is -2.32. The van der Waals surface area contributed by atoms with Gasteiger partial charge in [0.2, 0.25) is 23.6 Å². The third-order valence-corrected chi connectivity index (χ3v) is 7.42. The van der Waals surface area contributed by atoms with Gasteiger partial charge in [-0.05, 0) is 52.9 Å². The average Bonchev–Trinajstić information content (AvgIpc) is 3.24. The van der Waals surface area contributed by atoms with Gasteiger partial charge in [-0.3, -0.25) is 14.4 Å². The summed E-state index contributed by atoms with van der Waals surface area (Å²) >= 11 is 0. The number of likely N-dealkylation sites (tertiary alicyclic amines) is 1. The largest absolute Gasteiger partial charge is 0.390 e. The SMILES string of the molecule is CC(C)NC(=O)N1C[C@H]2C[C@H]1C(=O)NCCC[C@H](NC1CCC(F)(F)CC1)C(=O)N[C@@H](C)[C@@H](O)CC(=O)N2. The van der Waals surface area contributed by atoms with Gasteiger partial charge in [-0.1, -0.05) is 0 Å². The zero-order chi connectivity index (χ0) is 28.0. The molecule has 3 rings (SSSR count). The van der Waals surface area contributed by atoms with Crippen molar-refractivity contribution in [3.8, 4) is 0 Å². The highest BCUT2D eigenvalue weighted by Gasteiger charge is 2.41. The van der Waals surface area contributed by atoms with Crippen LogP contribution in [0.3, 0.4) is 0 Å². The number of aliphatic hydroxyl groups excluding tert-OH is 1. The summed E-state index contributed by atoms with van der Waals surface area (Å²) in [7, 11) is 0. The second kappa shape index (κ2) is 13.0. The molecule has 0 aromatic heterocycles. The predicted molar refractivity (Wildman–Crippen MR) is 135 cm³/mol. The second-order valence-electron chi connectivity index (χ2n) is 11.1. The molecular formula is C25H42F2N6O5. The molecule has 1 saturated carbocycles. The molecule has 5 atom stereocenters. The van der Waals surface area contributed by atoms with Crippen molar-refractivity contribution in [2.75, 3.05) is 13.1 Å². The minimum atomic E-state index is -2.69. The van der Waals surface area contributed by atoms with Crippen LogP contribution in [0.1, 0.15) is 72.1 Å². The minimum Gasteiger partial charge on any atom is -0.390 e. The smallest absolute Gasteiger partial charge is 0.318 e. The van der Waals surface area contributed by atoms with Gasteiger partial charge in [0, 0.05) is 44.1 Å². The van der Waals surface area contributed by atoms with E-state index in [9.17, 15) is 33.1 Å². The van der Waals surface area contributed by atoms with Crippen LogP contribution in [-0.4, -0.2) is 95.1 Å². The normalized spacial score (nSPS) is 31.9. The lowest BCUT2D eigenvalue weighted by Crippen LogP contribution is -2.54. The first-order valence-electron chi connectivity index (χ1n) is 13.6. The number of alkyl halides is 2. The number of hydrogen-bond acceptors (Lipinski definition) is 6. The van der Waals surface area contributed by atoms with E-state index in [0.29, 0.717) is 12.8 Å². The molecule has 0 unspecified atom stereocenters. The molecule has 2 aliphatic heterocycles. The summed E-state index contributed by atoms with van der Waals surface area (Å²) < 4.78 is 27.2. The summed E-state index contributed by atoms with van der Waals surface area (Å²) in [5, 5.41) is 24.9. The number of hydrogen-bond donors (Lipinski definition) is 6. The number of rotatable bonds is 3. The van der Waals surface area contributed by atoms with Gasteiger partial charge >= 0.3 is 6.03 Å².